The number of carbonyl (C=O) groups is 1. The van der Waals surface area contributed by atoms with Crippen LogP contribution in [0.3, 0.4) is 0 Å². The molecule has 30 heavy (non-hydrogen) atoms. The Labute approximate surface area is 172 Å². The van der Waals surface area contributed by atoms with Crippen molar-refractivity contribution < 1.29 is 9.21 Å². The van der Waals surface area contributed by atoms with Gasteiger partial charge in [0.1, 0.15) is 12.3 Å². The second kappa shape index (κ2) is 7.63. The minimum Gasteiger partial charge on any atom is -0.467 e. The number of benzene rings is 1. The third kappa shape index (κ3) is 3.44. The van der Waals surface area contributed by atoms with Crippen LogP contribution in [0.4, 0.5) is 5.69 Å². The average Bonchev–Trinajstić information content (AvgIpc) is 3.45. The fraction of sp³-hybridized carbons (Fsp3) is 0.0435. The molecule has 0 aliphatic carbocycles. The van der Waals surface area contributed by atoms with Crippen molar-refractivity contribution in [1.29, 1.82) is 0 Å². The summed E-state index contributed by atoms with van der Waals surface area (Å²) < 4.78 is 7.19. The zero-order valence-electron chi connectivity index (χ0n) is 15.9. The quantitative estimate of drug-likeness (QED) is 0.477. The van der Waals surface area contributed by atoms with Crippen LogP contribution in [0.2, 0.25) is 0 Å². The molecule has 1 amide bonds. The molecule has 0 aliphatic rings. The monoisotopic (exact) mass is 395 g/mol. The van der Waals surface area contributed by atoms with Crippen molar-refractivity contribution in [3.63, 3.8) is 0 Å². The van der Waals surface area contributed by atoms with Gasteiger partial charge in [-0.1, -0.05) is 30.3 Å². The Bertz CT molecular complexity index is 1300. The highest BCUT2D eigenvalue weighted by Crippen LogP contribution is 2.26. The average molecular weight is 395 g/mol. The molecular weight excluding hydrogens is 378 g/mol. The standard InChI is InChI=1S/C23H17N5O2/c29-23(26-17-8-10-24-11-9-17)19-13-21(16-5-2-1-3-6-16)27-22-20(19)14-25-28(22)15-18-7-4-12-30-18/h1-14H,15H2,(H,24,26,29). The normalized spacial score (nSPS) is 10.9. The van der Waals surface area contributed by atoms with Crippen molar-refractivity contribution in [3.8, 4) is 11.3 Å². The van der Waals surface area contributed by atoms with E-state index in [0.717, 1.165) is 11.3 Å². The van der Waals surface area contributed by atoms with Crippen LogP contribution in [-0.2, 0) is 6.54 Å². The number of rotatable bonds is 5. The Kier molecular flexibility index (Phi) is 4.53. The zero-order valence-corrected chi connectivity index (χ0v) is 15.9. The number of nitrogens with one attached hydrogen (secondary N) is 1. The lowest BCUT2D eigenvalue weighted by atomic mass is 10.1. The summed E-state index contributed by atoms with van der Waals surface area (Å²) in [6.07, 6.45) is 6.56. The molecule has 0 unspecified atom stereocenters. The number of furan rings is 1. The van der Waals surface area contributed by atoms with Crippen molar-refractivity contribution in [1.82, 2.24) is 19.7 Å². The van der Waals surface area contributed by atoms with E-state index in [1.165, 1.54) is 0 Å². The predicted octanol–water partition coefficient (Wildman–Crippen LogP) is 4.39. The summed E-state index contributed by atoms with van der Waals surface area (Å²) in [5, 5.41) is 8.05. The lowest BCUT2D eigenvalue weighted by Crippen LogP contribution is -2.13. The SMILES string of the molecule is O=C(Nc1ccncc1)c1cc(-c2ccccc2)nc2c1cnn2Cc1ccco1. The molecule has 4 aromatic heterocycles. The summed E-state index contributed by atoms with van der Waals surface area (Å²) >= 11 is 0. The van der Waals surface area contributed by atoms with Gasteiger partial charge in [0, 0.05) is 23.6 Å². The van der Waals surface area contributed by atoms with Crippen LogP contribution in [0, 0.1) is 0 Å². The lowest BCUT2D eigenvalue weighted by Gasteiger charge is -2.09. The Morgan fingerprint density at radius 3 is 2.63 bits per heavy atom. The van der Waals surface area contributed by atoms with Crippen LogP contribution in [0.25, 0.3) is 22.3 Å². The smallest absolute Gasteiger partial charge is 0.256 e. The summed E-state index contributed by atoms with van der Waals surface area (Å²) in [6.45, 7) is 0.424. The number of amides is 1. The predicted molar refractivity (Wildman–Crippen MR) is 113 cm³/mol. The lowest BCUT2D eigenvalue weighted by molar-refractivity contribution is 0.102. The van der Waals surface area contributed by atoms with E-state index < -0.39 is 0 Å². The summed E-state index contributed by atoms with van der Waals surface area (Å²) in [5.41, 5.74) is 3.41. The molecule has 4 heterocycles. The first-order valence-electron chi connectivity index (χ1n) is 9.44. The first-order chi connectivity index (χ1) is 14.8. The molecule has 7 heteroatoms. The fourth-order valence-electron chi connectivity index (χ4n) is 3.29. The molecule has 0 aliphatic heterocycles. The van der Waals surface area contributed by atoms with Crippen LogP contribution in [0.1, 0.15) is 16.1 Å². The van der Waals surface area contributed by atoms with Gasteiger partial charge in [0.15, 0.2) is 5.65 Å². The Hall–Kier alpha value is -4.26. The van der Waals surface area contributed by atoms with Crippen molar-refractivity contribution in [2.45, 2.75) is 6.54 Å². The molecule has 0 spiro atoms. The number of hydrogen-bond donors (Lipinski definition) is 1. The van der Waals surface area contributed by atoms with Gasteiger partial charge in [0.2, 0.25) is 0 Å². The fourth-order valence-corrected chi connectivity index (χ4v) is 3.29. The number of pyridine rings is 2. The van der Waals surface area contributed by atoms with E-state index in [1.54, 1.807) is 47.7 Å². The maximum atomic E-state index is 13.1. The van der Waals surface area contributed by atoms with Gasteiger partial charge in [-0.05, 0) is 30.3 Å². The van der Waals surface area contributed by atoms with Gasteiger partial charge >= 0.3 is 0 Å². The molecule has 5 aromatic rings. The van der Waals surface area contributed by atoms with Crippen molar-refractivity contribution in [2.75, 3.05) is 5.32 Å². The van der Waals surface area contributed by atoms with Crippen molar-refractivity contribution in [2.24, 2.45) is 0 Å². The van der Waals surface area contributed by atoms with Gasteiger partial charge in [0.25, 0.3) is 5.91 Å². The van der Waals surface area contributed by atoms with Crippen LogP contribution in [0.15, 0.2) is 89.9 Å². The highest BCUT2D eigenvalue weighted by Gasteiger charge is 2.18. The van der Waals surface area contributed by atoms with Gasteiger partial charge in [-0.3, -0.25) is 9.78 Å². The number of anilines is 1. The molecule has 7 nitrogen and oxygen atoms in total. The molecule has 5 rings (SSSR count). The van der Waals surface area contributed by atoms with Crippen LogP contribution >= 0.6 is 0 Å². The second-order valence-electron chi connectivity index (χ2n) is 6.73. The second-order valence-corrected chi connectivity index (χ2v) is 6.73. The van der Waals surface area contributed by atoms with Gasteiger partial charge in [-0.25, -0.2) is 9.67 Å². The summed E-state index contributed by atoms with van der Waals surface area (Å²) in [6, 6.07) is 18.8. The van der Waals surface area contributed by atoms with Crippen LogP contribution in [0.5, 0.6) is 0 Å². The number of nitrogens with zero attached hydrogens (tertiary/aromatic N) is 4. The highest BCUT2D eigenvalue weighted by molar-refractivity contribution is 6.12. The van der Waals surface area contributed by atoms with E-state index in [0.29, 0.717) is 34.5 Å². The molecule has 0 bridgehead atoms. The summed E-state index contributed by atoms with van der Waals surface area (Å²) in [5.74, 6) is 0.526. The first-order valence-corrected chi connectivity index (χ1v) is 9.44. The molecule has 146 valence electrons. The van der Waals surface area contributed by atoms with E-state index in [-0.39, 0.29) is 5.91 Å². The third-order valence-electron chi connectivity index (χ3n) is 4.75. The molecule has 0 radical (unpaired) electrons. The Morgan fingerprint density at radius 2 is 1.87 bits per heavy atom. The third-order valence-corrected chi connectivity index (χ3v) is 4.75. The minimum atomic E-state index is -0.233. The van der Waals surface area contributed by atoms with E-state index >= 15 is 0 Å². The summed E-state index contributed by atoms with van der Waals surface area (Å²) in [4.78, 5) is 21.9. The van der Waals surface area contributed by atoms with Gasteiger partial charge < -0.3 is 9.73 Å². The largest absolute Gasteiger partial charge is 0.467 e. The zero-order chi connectivity index (χ0) is 20.3. The molecule has 0 saturated carbocycles. The molecule has 0 fully saturated rings. The molecule has 0 atom stereocenters. The maximum absolute atomic E-state index is 13.1. The van der Waals surface area contributed by atoms with Gasteiger partial charge in [0.05, 0.1) is 29.1 Å². The summed E-state index contributed by atoms with van der Waals surface area (Å²) in [7, 11) is 0. The van der Waals surface area contributed by atoms with E-state index in [1.807, 2.05) is 42.5 Å². The van der Waals surface area contributed by atoms with Gasteiger partial charge in [-0.2, -0.15) is 5.10 Å². The van der Waals surface area contributed by atoms with Crippen molar-refractivity contribution >= 4 is 22.6 Å². The molecular formula is C23H17N5O2. The maximum Gasteiger partial charge on any atom is 0.256 e. The van der Waals surface area contributed by atoms with E-state index in [2.05, 4.69) is 15.4 Å². The highest BCUT2D eigenvalue weighted by atomic mass is 16.3. The topological polar surface area (TPSA) is 85.8 Å². The van der Waals surface area contributed by atoms with Crippen LogP contribution < -0.4 is 5.32 Å². The van der Waals surface area contributed by atoms with Gasteiger partial charge in [-0.15, -0.1) is 0 Å². The number of hydrogen-bond acceptors (Lipinski definition) is 5. The molecule has 1 N–H and O–H groups in total. The van der Waals surface area contributed by atoms with E-state index in [4.69, 9.17) is 9.40 Å². The molecule has 1 aromatic carbocycles. The number of aromatic nitrogens is 4. The molecule has 0 saturated heterocycles. The Balaban J connectivity index is 1.62. The van der Waals surface area contributed by atoms with Crippen molar-refractivity contribution in [3.05, 3.63) is 96.8 Å². The number of fused-ring (bicyclic) bond motifs is 1. The minimum absolute atomic E-state index is 0.233. The number of carbonyl (C=O) groups excluding carboxylic acids is 1. The Morgan fingerprint density at radius 1 is 1.03 bits per heavy atom. The van der Waals surface area contributed by atoms with E-state index in [9.17, 15) is 4.79 Å². The van der Waals surface area contributed by atoms with Crippen LogP contribution in [-0.4, -0.2) is 25.7 Å². The first kappa shape index (κ1) is 17.8.